The molecule has 0 saturated heterocycles. The van der Waals surface area contributed by atoms with Crippen LogP contribution in [0.3, 0.4) is 0 Å². The molecule has 4 N–H and O–H groups in total. The Hall–Kier alpha value is -0.770. The third kappa shape index (κ3) is 1.79. The van der Waals surface area contributed by atoms with Gasteiger partial charge < -0.3 is 11.5 Å². The summed E-state index contributed by atoms with van der Waals surface area (Å²) in [6.45, 7) is 6.79. The van der Waals surface area contributed by atoms with Gasteiger partial charge in [-0.15, -0.1) is 17.5 Å². The number of hydrogen-bond acceptors (Lipinski definition) is 2. The summed E-state index contributed by atoms with van der Waals surface area (Å²) in [4.78, 5) is 0. The lowest BCUT2D eigenvalue weighted by molar-refractivity contribution is 0.332. The summed E-state index contributed by atoms with van der Waals surface area (Å²) in [5.41, 5.74) is 12.2. The normalized spacial score (nSPS) is 37.2. The second-order valence-corrected chi connectivity index (χ2v) is 5.70. The van der Waals surface area contributed by atoms with Crippen molar-refractivity contribution in [3.8, 4) is 0 Å². The van der Waals surface area contributed by atoms with Crippen LogP contribution >= 0.6 is 12.4 Å². The maximum Gasteiger partial charge on any atom is 0.211 e. The summed E-state index contributed by atoms with van der Waals surface area (Å²) >= 11 is 0. The van der Waals surface area contributed by atoms with Crippen LogP contribution in [0.2, 0.25) is 0 Å². The van der Waals surface area contributed by atoms with Crippen LogP contribution in [0.1, 0.15) is 40.0 Å². The minimum Gasteiger partial charge on any atom is -0.369 e. The van der Waals surface area contributed by atoms with E-state index in [-0.39, 0.29) is 29.2 Å². The number of nitrogens with two attached hydrogens (primary N) is 2. The van der Waals surface area contributed by atoms with E-state index in [2.05, 4.69) is 31.0 Å². The summed E-state index contributed by atoms with van der Waals surface area (Å²) in [5.74, 6) is 0.792. The number of fused-ring (bicyclic) bond motifs is 2. The predicted molar refractivity (Wildman–Crippen MR) is 69.7 cm³/mol. The molecule has 2 aliphatic rings. The molecule has 0 heterocycles. The molecule has 2 saturated carbocycles. The Bertz CT molecular complexity index is 337. The van der Waals surface area contributed by atoms with E-state index >= 15 is 0 Å². The Morgan fingerprint density at radius 1 is 1.31 bits per heavy atom. The standard InChI is InChI=1S/C11H20N4.ClH/c1-10(2)7-4-5-11(3,6-7)8(10)14-15-9(12)13;/h7H,4-6H2,1-3H3,(H4,12,13,15);1H/b14-8+;. The van der Waals surface area contributed by atoms with Crippen molar-refractivity contribution < 1.29 is 0 Å². The van der Waals surface area contributed by atoms with Crippen LogP contribution in [0, 0.1) is 16.7 Å². The van der Waals surface area contributed by atoms with E-state index in [1.807, 2.05) is 0 Å². The average Bonchev–Trinajstić information content (AvgIpc) is 2.54. The smallest absolute Gasteiger partial charge is 0.211 e. The van der Waals surface area contributed by atoms with Gasteiger partial charge in [0.1, 0.15) is 0 Å². The van der Waals surface area contributed by atoms with Gasteiger partial charge in [-0.25, -0.2) is 0 Å². The van der Waals surface area contributed by atoms with Crippen molar-refractivity contribution in [1.82, 2.24) is 0 Å². The van der Waals surface area contributed by atoms with Gasteiger partial charge in [0.05, 0.1) is 5.71 Å². The van der Waals surface area contributed by atoms with Crippen molar-refractivity contribution in [2.75, 3.05) is 0 Å². The largest absolute Gasteiger partial charge is 0.369 e. The molecular formula is C11H21ClN4. The van der Waals surface area contributed by atoms with Gasteiger partial charge in [0.2, 0.25) is 5.96 Å². The van der Waals surface area contributed by atoms with E-state index in [0.717, 1.165) is 5.92 Å². The summed E-state index contributed by atoms with van der Waals surface area (Å²) in [6.07, 6.45) is 3.77. The van der Waals surface area contributed by atoms with Crippen LogP contribution < -0.4 is 11.5 Å². The Morgan fingerprint density at radius 2 is 1.94 bits per heavy atom. The van der Waals surface area contributed by atoms with Gasteiger partial charge in [0.25, 0.3) is 0 Å². The lowest BCUT2D eigenvalue weighted by Crippen LogP contribution is -2.35. The van der Waals surface area contributed by atoms with Crippen LogP contribution in [-0.4, -0.2) is 11.7 Å². The van der Waals surface area contributed by atoms with E-state index in [9.17, 15) is 0 Å². The van der Waals surface area contributed by atoms with Crippen LogP contribution in [0.4, 0.5) is 0 Å². The van der Waals surface area contributed by atoms with Gasteiger partial charge in [-0.1, -0.05) is 20.8 Å². The zero-order valence-electron chi connectivity index (χ0n) is 10.2. The van der Waals surface area contributed by atoms with Gasteiger partial charge in [-0.2, -0.15) is 5.10 Å². The Kier molecular flexibility index (Phi) is 3.25. The molecule has 0 aromatic heterocycles. The van der Waals surface area contributed by atoms with Crippen LogP contribution in [-0.2, 0) is 0 Å². The molecular weight excluding hydrogens is 224 g/mol. The predicted octanol–water partition coefficient (Wildman–Crippen LogP) is 1.88. The quantitative estimate of drug-likeness (QED) is 0.420. The molecule has 0 radical (unpaired) electrons. The third-order valence-corrected chi connectivity index (χ3v) is 4.21. The van der Waals surface area contributed by atoms with Crippen molar-refractivity contribution >= 4 is 24.1 Å². The summed E-state index contributed by atoms with van der Waals surface area (Å²) in [7, 11) is 0. The molecule has 0 aromatic rings. The fourth-order valence-corrected chi connectivity index (χ4v) is 3.40. The van der Waals surface area contributed by atoms with E-state index in [1.54, 1.807) is 0 Å². The highest BCUT2D eigenvalue weighted by atomic mass is 35.5. The highest BCUT2D eigenvalue weighted by Crippen LogP contribution is 2.60. The highest BCUT2D eigenvalue weighted by molar-refractivity contribution is 5.98. The monoisotopic (exact) mass is 244 g/mol. The number of halogens is 1. The SMILES string of the molecule is CC12CCC(C1)C(C)(C)/C2=N\N=C(N)N.Cl. The van der Waals surface area contributed by atoms with Crippen molar-refractivity contribution in [3.63, 3.8) is 0 Å². The molecule has 2 atom stereocenters. The van der Waals surface area contributed by atoms with Gasteiger partial charge in [0, 0.05) is 10.8 Å². The number of nitrogens with zero attached hydrogens (tertiary/aromatic N) is 2. The first-order valence-corrected chi connectivity index (χ1v) is 5.54. The van der Waals surface area contributed by atoms with Crippen molar-refractivity contribution in [2.24, 2.45) is 38.4 Å². The molecule has 2 fully saturated rings. The van der Waals surface area contributed by atoms with Crippen LogP contribution in [0.25, 0.3) is 0 Å². The second-order valence-electron chi connectivity index (χ2n) is 5.70. The zero-order valence-corrected chi connectivity index (χ0v) is 11.0. The molecule has 0 aromatic carbocycles. The molecule has 16 heavy (non-hydrogen) atoms. The molecule has 2 aliphatic carbocycles. The lowest BCUT2D eigenvalue weighted by atomic mass is 9.71. The molecule has 0 aliphatic heterocycles. The molecule has 2 unspecified atom stereocenters. The molecule has 2 rings (SSSR count). The molecule has 92 valence electrons. The number of rotatable bonds is 1. The van der Waals surface area contributed by atoms with Gasteiger partial charge in [-0.05, 0) is 25.2 Å². The lowest BCUT2D eigenvalue weighted by Gasteiger charge is -2.34. The summed E-state index contributed by atoms with van der Waals surface area (Å²) in [5, 5.41) is 8.11. The fourth-order valence-electron chi connectivity index (χ4n) is 3.40. The van der Waals surface area contributed by atoms with Crippen LogP contribution in [0.5, 0.6) is 0 Å². The Balaban J connectivity index is 0.00000128. The first-order valence-electron chi connectivity index (χ1n) is 5.54. The van der Waals surface area contributed by atoms with Gasteiger partial charge in [0.15, 0.2) is 0 Å². The molecule has 2 bridgehead atoms. The first-order chi connectivity index (χ1) is 6.86. The minimum atomic E-state index is 0. The number of guanidine groups is 1. The topological polar surface area (TPSA) is 76.8 Å². The van der Waals surface area contributed by atoms with Crippen LogP contribution in [0.15, 0.2) is 10.2 Å². The van der Waals surface area contributed by atoms with Gasteiger partial charge in [-0.3, -0.25) is 0 Å². The Labute approximate surface area is 103 Å². The average molecular weight is 245 g/mol. The van der Waals surface area contributed by atoms with E-state index < -0.39 is 0 Å². The zero-order chi connectivity index (χ0) is 11.3. The molecule has 0 spiro atoms. The molecule has 5 heteroatoms. The third-order valence-electron chi connectivity index (χ3n) is 4.21. The van der Waals surface area contributed by atoms with E-state index in [1.165, 1.54) is 25.0 Å². The maximum atomic E-state index is 5.32. The maximum absolute atomic E-state index is 5.32. The van der Waals surface area contributed by atoms with E-state index in [4.69, 9.17) is 11.5 Å². The van der Waals surface area contributed by atoms with E-state index in [0.29, 0.717) is 0 Å². The highest BCUT2D eigenvalue weighted by Gasteiger charge is 2.57. The molecule has 4 nitrogen and oxygen atoms in total. The van der Waals surface area contributed by atoms with Crippen molar-refractivity contribution in [3.05, 3.63) is 0 Å². The summed E-state index contributed by atoms with van der Waals surface area (Å²) < 4.78 is 0. The number of hydrogen-bond donors (Lipinski definition) is 2. The fraction of sp³-hybridized carbons (Fsp3) is 0.818. The minimum absolute atomic E-state index is 0. The Morgan fingerprint density at radius 3 is 2.38 bits per heavy atom. The molecule has 0 amide bonds. The summed E-state index contributed by atoms with van der Waals surface area (Å²) in [6, 6.07) is 0. The van der Waals surface area contributed by atoms with Gasteiger partial charge >= 0.3 is 0 Å². The van der Waals surface area contributed by atoms with Crippen molar-refractivity contribution in [2.45, 2.75) is 40.0 Å². The van der Waals surface area contributed by atoms with Crippen molar-refractivity contribution in [1.29, 1.82) is 0 Å². The second kappa shape index (κ2) is 3.91. The first kappa shape index (κ1) is 13.3.